The highest BCUT2D eigenvalue weighted by Crippen LogP contribution is 2.28. The predicted molar refractivity (Wildman–Crippen MR) is 118 cm³/mol. The van der Waals surface area contributed by atoms with Crippen LogP contribution >= 0.6 is 0 Å². The van der Waals surface area contributed by atoms with E-state index >= 15 is 0 Å². The number of ether oxygens (including phenoxy) is 1. The number of imidazole rings is 1. The molecule has 0 bridgehead atoms. The number of nitrogens with zero attached hydrogens (tertiary/aromatic N) is 2. The van der Waals surface area contributed by atoms with Gasteiger partial charge in [-0.1, -0.05) is 19.1 Å². The Bertz CT molecular complexity index is 918. The van der Waals surface area contributed by atoms with E-state index in [4.69, 9.17) is 15.5 Å². The average Bonchev–Trinajstić information content (AvgIpc) is 3.09. The summed E-state index contributed by atoms with van der Waals surface area (Å²) in [4.78, 5) is 17.3. The van der Waals surface area contributed by atoms with Gasteiger partial charge in [-0.3, -0.25) is 4.79 Å². The second-order valence-corrected chi connectivity index (χ2v) is 7.87. The highest BCUT2D eigenvalue weighted by Gasteiger charge is 2.20. The van der Waals surface area contributed by atoms with Crippen LogP contribution in [0.2, 0.25) is 0 Å². The van der Waals surface area contributed by atoms with Gasteiger partial charge in [0.1, 0.15) is 5.82 Å². The van der Waals surface area contributed by atoms with Gasteiger partial charge in [-0.15, -0.1) is 0 Å². The molecule has 1 aromatic carbocycles. The minimum atomic E-state index is 0.198. The van der Waals surface area contributed by atoms with Crippen LogP contribution in [0.15, 0.2) is 35.9 Å². The number of benzene rings is 1. The molecule has 29 heavy (non-hydrogen) atoms. The van der Waals surface area contributed by atoms with Crippen molar-refractivity contribution in [1.82, 2.24) is 9.55 Å². The highest BCUT2D eigenvalue weighted by atomic mass is 16.5. The molecule has 1 fully saturated rings. The summed E-state index contributed by atoms with van der Waals surface area (Å²) in [5.41, 5.74) is 10.8. The molecule has 0 radical (unpaired) electrons. The van der Waals surface area contributed by atoms with Crippen molar-refractivity contribution < 1.29 is 9.53 Å². The largest absolute Gasteiger partial charge is 0.381 e. The molecule has 2 aromatic rings. The van der Waals surface area contributed by atoms with Crippen LogP contribution in [0.25, 0.3) is 16.6 Å². The lowest BCUT2D eigenvalue weighted by Crippen LogP contribution is -2.21. The number of allylic oxidation sites excluding steroid dienone is 4. The standard InChI is InChI=1S/C24H33N3O2/c1-4-6-23(28)17(3)13-20(5-2)24-26-21-14-19(15-25)7-8-22(21)27(24)16-18-9-11-29-12-10-18/h5,7-8,13-14,18H,4,6,9-12,15-16,25H2,1-3H3/b17-13-,20-5+. The third-order valence-corrected chi connectivity index (χ3v) is 5.69. The maximum Gasteiger partial charge on any atom is 0.158 e. The third kappa shape index (κ3) is 5.03. The van der Waals surface area contributed by atoms with Crippen LogP contribution in [0, 0.1) is 5.92 Å². The number of fused-ring (bicyclic) bond motifs is 1. The van der Waals surface area contributed by atoms with Gasteiger partial charge in [0.2, 0.25) is 0 Å². The third-order valence-electron chi connectivity index (χ3n) is 5.69. The number of rotatable bonds is 8. The Morgan fingerprint density at radius 2 is 2.10 bits per heavy atom. The van der Waals surface area contributed by atoms with Crippen LogP contribution in [-0.2, 0) is 22.6 Å². The molecular formula is C24H33N3O2. The number of carbonyl (C=O) groups excluding carboxylic acids is 1. The fourth-order valence-corrected chi connectivity index (χ4v) is 3.91. The monoisotopic (exact) mass is 395 g/mol. The Hall–Kier alpha value is -2.24. The molecule has 0 spiro atoms. The van der Waals surface area contributed by atoms with Crippen LogP contribution in [0.5, 0.6) is 0 Å². The van der Waals surface area contributed by atoms with Crippen molar-refractivity contribution in [3.05, 3.63) is 47.3 Å². The summed E-state index contributed by atoms with van der Waals surface area (Å²) in [6, 6.07) is 6.28. The number of ketones is 1. The zero-order chi connectivity index (χ0) is 20.8. The van der Waals surface area contributed by atoms with Crippen LogP contribution < -0.4 is 5.73 Å². The van der Waals surface area contributed by atoms with E-state index in [1.54, 1.807) is 0 Å². The Labute approximate surface area is 173 Å². The number of Topliss-reactive ketones (excluding diaryl/α,β-unsaturated/α-hetero) is 1. The lowest BCUT2D eigenvalue weighted by atomic mass is 10.00. The van der Waals surface area contributed by atoms with Crippen molar-refractivity contribution in [2.24, 2.45) is 11.7 Å². The molecule has 2 heterocycles. The first-order valence-corrected chi connectivity index (χ1v) is 10.7. The minimum Gasteiger partial charge on any atom is -0.381 e. The smallest absolute Gasteiger partial charge is 0.158 e. The number of aromatic nitrogens is 2. The number of nitrogens with two attached hydrogens (primary N) is 1. The lowest BCUT2D eigenvalue weighted by Gasteiger charge is -2.23. The van der Waals surface area contributed by atoms with Gasteiger partial charge >= 0.3 is 0 Å². The van der Waals surface area contributed by atoms with Crippen LogP contribution in [0.4, 0.5) is 0 Å². The Kier molecular flexibility index (Phi) is 7.40. The molecular weight excluding hydrogens is 362 g/mol. The summed E-state index contributed by atoms with van der Waals surface area (Å²) in [6.45, 7) is 9.00. The van der Waals surface area contributed by atoms with E-state index in [-0.39, 0.29) is 5.78 Å². The van der Waals surface area contributed by atoms with E-state index in [1.165, 1.54) is 0 Å². The maximum atomic E-state index is 12.3. The summed E-state index contributed by atoms with van der Waals surface area (Å²) in [6.07, 6.45) is 7.61. The van der Waals surface area contributed by atoms with Gasteiger partial charge < -0.3 is 15.0 Å². The Morgan fingerprint density at radius 3 is 2.76 bits per heavy atom. The van der Waals surface area contributed by atoms with Crippen LogP contribution in [-0.4, -0.2) is 28.5 Å². The predicted octanol–water partition coefficient (Wildman–Crippen LogP) is 4.64. The summed E-state index contributed by atoms with van der Waals surface area (Å²) < 4.78 is 7.85. The molecule has 5 nitrogen and oxygen atoms in total. The van der Waals surface area contributed by atoms with E-state index < -0.39 is 0 Å². The topological polar surface area (TPSA) is 70.1 Å². The molecule has 1 aromatic heterocycles. The van der Waals surface area contributed by atoms with Gasteiger partial charge in [0.05, 0.1) is 11.0 Å². The van der Waals surface area contributed by atoms with E-state index in [0.29, 0.717) is 18.9 Å². The number of hydrogen-bond acceptors (Lipinski definition) is 4. The van der Waals surface area contributed by atoms with Crippen LogP contribution in [0.1, 0.15) is 57.8 Å². The van der Waals surface area contributed by atoms with Gasteiger partial charge in [0.25, 0.3) is 0 Å². The summed E-state index contributed by atoms with van der Waals surface area (Å²) >= 11 is 0. The molecule has 5 heteroatoms. The zero-order valence-electron chi connectivity index (χ0n) is 17.9. The molecule has 156 valence electrons. The van der Waals surface area contributed by atoms with E-state index in [2.05, 4.69) is 22.8 Å². The normalized spacial score (nSPS) is 16.6. The van der Waals surface area contributed by atoms with Crippen molar-refractivity contribution in [3.63, 3.8) is 0 Å². The minimum absolute atomic E-state index is 0.198. The fraction of sp³-hybridized carbons (Fsp3) is 0.500. The van der Waals surface area contributed by atoms with Crippen molar-refractivity contribution in [1.29, 1.82) is 0 Å². The Morgan fingerprint density at radius 1 is 1.34 bits per heavy atom. The first kappa shape index (κ1) is 21.5. The highest BCUT2D eigenvalue weighted by molar-refractivity contribution is 5.97. The van der Waals surface area contributed by atoms with Crippen LogP contribution in [0.3, 0.4) is 0 Å². The van der Waals surface area contributed by atoms with Gasteiger partial charge in [-0.05, 0) is 68.4 Å². The second-order valence-electron chi connectivity index (χ2n) is 7.87. The fourth-order valence-electron chi connectivity index (χ4n) is 3.91. The number of carbonyl (C=O) groups is 1. The summed E-state index contributed by atoms with van der Waals surface area (Å²) in [5, 5.41) is 0. The van der Waals surface area contributed by atoms with Gasteiger partial charge in [0, 0.05) is 38.3 Å². The van der Waals surface area contributed by atoms with Crippen molar-refractivity contribution in [2.75, 3.05) is 13.2 Å². The number of hydrogen-bond donors (Lipinski definition) is 1. The maximum absolute atomic E-state index is 12.3. The molecule has 0 aliphatic carbocycles. The molecule has 1 saturated heterocycles. The molecule has 0 amide bonds. The molecule has 0 atom stereocenters. The summed E-state index contributed by atoms with van der Waals surface area (Å²) in [7, 11) is 0. The first-order valence-electron chi connectivity index (χ1n) is 10.7. The van der Waals surface area contributed by atoms with E-state index in [1.807, 2.05) is 32.9 Å². The Balaban J connectivity index is 2.04. The lowest BCUT2D eigenvalue weighted by molar-refractivity contribution is -0.115. The van der Waals surface area contributed by atoms with Gasteiger partial charge in [0.15, 0.2) is 5.78 Å². The zero-order valence-corrected chi connectivity index (χ0v) is 17.9. The quantitative estimate of drug-likeness (QED) is 0.522. The van der Waals surface area contributed by atoms with Crippen molar-refractivity contribution in [3.8, 4) is 0 Å². The molecule has 0 saturated carbocycles. The van der Waals surface area contributed by atoms with Crippen molar-refractivity contribution >= 4 is 22.4 Å². The molecule has 3 rings (SSSR count). The van der Waals surface area contributed by atoms with E-state index in [0.717, 1.165) is 72.6 Å². The van der Waals surface area contributed by atoms with Gasteiger partial charge in [-0.25, -0.2) is 4.98 Å². The molecule has 1 aliphatic heterocycles. The molecule has 1 aliphatic rings. The average molecular weight is 396 g/mol. The van der Waals surface area contributed by atoms with Crippen molar-refractivity contribution in [2.45, 2.75) is 59.5 Å². The first-order chi connectivity index (χ1) is 14.1. The summed E-state index contributed by atoms with van der Waals surface area (Å²) in [5.74, 6) is 1.69. The molecule has 2 N–H and O–H groups in total. The van der Waals surface area contributed by atoms with Gasteiger partial charge in [-0.2, -0.15) is 0 Å². The molecule has 0 unspecified atom stereocenters. The second kappa shape index (κ2) is 9.99. The SMILES string of the molecule is C/C=C(\C=C(\C)C(=O)CCC)c1nc2cc(CN)ccc2n1CC1CCOCC1. The van der Waals surface area contributed by atoms with E-state index in [9.17, 15) is 4.79 Å².